The Balaban J connectivity index is 1.63. The first kappa shape index (κ1) is 18.5. The van der Waals surface area contributed by atoms with Gasteiger partial charge in [0.15, 0.2) is 0 Å². The molecule has 0 aliphatic heterocycles. The Morgan fingerprint density at radius 3 is 2.59 bits per heavy atom. The van der Waals surface area contributed by atoms with Gasteiger partial charge in [-0.15, -0.1) is 0 Å². The van der Waals surface area contributed by atoms with Gasteiger partial charge in [0, 0.05) is 34.3 Å². The van der Waals surface area contributed by atoms with Gasteiger partial charge in [0.2, 0.25) is 0 Å². The first-order valence-electron chi connectivity index (χ1n) is 9.37. The fourth-order valence-corrected chi connectivity index (χ4v) is 3.46. The van der Waals surface area contributed by atoms with Crippen LogP contribution in [0.3, 0.4) is 0 Å². The van der Waals surface area contributed by atoms with Gasteiger partial charge >= 0.3 is 0 Å². The Kier molecular flexibility index (Phi) is 5.12. The molecule has 0 saturated heterocycles. The van der Waals surface area contributed by atoms with E-state index in [9.17, 15) is 9.90 Å². The molecule has 0 spiro atoms. The van der Waals surface area contributed by atoms with Crippen LogP contribution in [0.4, 0.5) is 0 Å². The van der Waals surface area contributed by atoms with E-state index in [0.29, 0.717) is 5.56 Å². The molecule has 1 aromatic heterocycles. The van der Waals surface area contributed by atoms with Gasteiger partial charge in [-0.2, -0.15) is 5.10 Å². The van der Waals surface area contributed by atoms with E-state index in [1.807, 2.05) is 30.3 Å². The second-order valence-corrected chi connectivity index (χ2v) is 6.84. The van der Waals surface area contributed by atoms with Crippen molar-refractivity contribution in [2.45, 2.75) is 13.5 Å². The molecule has 4 rings (SSSR count). The van der Waals surface area contributed by atoms with Crippen molar-refractivity contribution in [3.63, 3.8) is 0 Å². The van der Waals surface area contributed by atoms with E-state index in [2.05, 4.69) is 46.3 Å². The highest BCUT2D eigenvalue weighted by Crippen LogP contribution is 2.25. The van der Waals surface area contributed by atoms with Gasteiger partial charge in [-0.3, -0.25) is 4.79 Å². The highest BCUT2D eigenvalue weighted by atomic mass is 16.3. The van der Waals surface area contributed by atoms with E-state index >= 15 is 0 Å². The van der Waals surface area contributed by atoms with Crippen molar-refractivity contribution in [3.8, 4) is 5.75 Å². The number of phenolic OH excluding ortho intramolecular Hbond substituents is 1. The van der Waals surface area contributed by atoms with Crippen LogP contribution < -0.4 is 5.43 Å². The molecule has 29 heavy (non-hydrogen) atoms. The smallest absolute Gasteiger partial charge is 0.271 e. The second-order valence-electron chi connectivity index (χ2n) is 6.84. The summed E-state index contributed by atoms with van der Waals surface area (Å²) in [7, 11) is 0. The molecule has 0 unspecified atom stereocenters. The first-order chi connectivity index (χ1) is 14.1. The van der Waals surface area contributed by atoms with E-state index in [1.54, 1.807) is 18.3 Å². The van der Waals surface area contributed by atoms with Crippen LogP contribution in [-0.2, 0) is 6.54 Å². The van der Waals surface area contributed by atoms with Crippen molar-refractivity contribution in [2.75, 3.05) is 0 Å². The molecule has 144 valence electrons. The number of nitrogens with zero attached hydrogens (tertiary/aromatic N) is 2. The zero-order chi connectivity index (χ0) is 20.2. The molecule has 1 amide bonds. The van der Waals surface area contributed by atoms with Crippen LogP contribution >= 0.6 is 0 Å². The third-order valence-electron chi connectivity index (χ3n) is 4.93. The number of nitrogens with one attached hydrogen (secondary N) is 1. The van der Waals surface area contributed by atoms with Crippen molar-refractivity contribution < 1.29 is 9.90 Å². The average molecular weight is 383 g/mol. The van der Waals surface area contributed by atoms with E-state index in [-0.39, 0.29) is 11.7 Å². The molecule has 1 heterocycles. The lowest BCUT2D eigenvalue weighted by molar-refractivity contribution is 0.0954. The van der Waals surface area contributed by atoms with Crippen molar-refractivity contribution in [1.82, 2.24) is 9.99 Å². The summed E-state index contributed by atoms with van der Waals surface area (Å²) in [5.74, 6) is -0.329. The molecule has 5 heteroatoms. The molecule has 0 bridgehead atoms. The highest BCUT2D eigenvalue weighted by Gasteiger charge is 2.13. The van der Waals surface area contributed by atoms with E-state index in [0.717, 1.165) is 28.7 Å². The molecule has 4 aromatic rings. The summed E-state index contributed by atoms with van der Waals surface area (Å²) in [6.07, 6.45) is 1.68. The van der Waals surface area contributed by atoms with Gasteiger partial charge < -0.3 is 9.67 Å². The predicted molar refractivity (Wildman–Crippen MR) is 115 cm³/mol. The second kappa shape index (κ2) is 8.02. The summed E-state index contributed by atoms with van der Waals surface area (Å²) in [5.41, 5.74) is 7.27. The third-order valence-corrected chi connectivity index (χ3v) is 4.93. The third kappa shape index (κ3) is 3.89. The molecular weight excluding hydrogens is 362 g/mol. The molecule has 5 nitrogen and oxygen atoms in total. The van der Waals surface area contributed by atoms with Crippen LogP contribution in [0, 0.1) is 6.92 Å². The monoisotopic (exact) mass is 383 g/mol. The van der Waals surface area contributed by atoms with Gasteiger partial charge in [-0.1, -0.05) is 54.6 Å². The largest absolute Gasteiger partial charge is 0.508 e. The average Bonchev–Trinajstić information content (AvgIpc) is 3.00. The zero-order valence-corrected chi connectivity index (χ0v) is 16.0. The Morgan fingerprint density at radius 1 is 1.03 bits per heavy atom. The molecule has 3 aromatic carbocycles. The number of para-hydroxylation sites is 1. The summed E-state index contributed by atoms with van der Waals surface area (Å²) in [6.45, 7) is 2.82. The summed E-state index contributed by atoms with van der Waals surface area (Å²) in [4.78, 5) is 12.2. The summed E-state index contributed by atoms with van der Waals surface area (Å²) in [5, 5.41) is 14.8. The molecule has 0 saturated carbocycles. The van der Waals surface area contributed by atoms with Crippen molar-refractivity contribution in [3.05, 3.63) is 101 Å². The number of hydrazone groups is 1. The number of amides is 1. The lowest BCUT2D eigenvalue weighted by Crippen LogP contribution is -2.17. The number of aromatic hydroxyl groups is 1. The highest BCUT2D eigenvalue weighted by molar-refractivity contribution is 6.02. The van der Waals surface area contributed by atoms with E-state index in [4.69, 9.17) is 0 Å². The predicted octanol–water partition coefficient (Wildman–Crippen LogP) is 4.47. The Morgan fingerprint density at radius 2 is 1.79 bits per heavy atom. The summed E-state index contributed by atoms with van der Waals surface area (Å²) < 4.78 is 2.25. The Labute approximate surface area is 168 Å². The fourth-order valence-electron chi connectivity index (χ4n) is 3.46. The number of phenols is 1. The maximum atomic E-state index is 12.2. The number of aromatic nitrogens is 1. The van der Waals surface area contributed by atoms with Crippen LogP contribution in [-0.4, -0.2) is 21.8 Å². The number of benzene rings is 3. The maximum Gasteiger partial charge on any atom is 0.271 e. The van der Waals surface area contributed by atoms with Crippen LogP contribution in [0.15, 0.2) is 84.0 Å². The minimum atomic E-state index is -0.372. The molecule has 0 radical (unpaired) electrons. The maximum absolute atomic E-state index is 12.2. The number of fused-ring (bicyclic) bond motifs is 1. The number of hydrogen-bond acceptors (Lipinski definition) is 3. The van der Waals surface area contributed by atoms with Gasteiger partial charge in [-0.05, 0) is 36.8 Å². The molecule has 0 aliphatic carbocycles. The molecular formula is C24H21N3O2. The molecule has 0 fully saturated rings. The summed E-state index contributed by atoms with van der Waals surface area (Å²) >= 11 is 0. The number of carbonyl (C=O) groups is 1. The lowest BCUT2D eigenvalue weighted by atomic mass is 10.1. The standard InChI is InChI=1S/C24H21N3O2/c1-17-22(15-25-26-24(29)19-10-7-11-20(28)14-19)21-12-5-6-13-23(21)27(17)16-18-8-3-2-4-9-18/h2-15,28H,16H2,1H3,(H,26,29). The number of rotatable bonds is 5. The minimum absolute atomic E-state index is 0.0430. The van der Waals surface area contributed by atoms with Crippen molar-refractivity contribution >= 4 is 23.0 Å². The molecule has 0 aliphatic rings. The van der Waals surface area contributed by atoms with Crippen LogP contribution in [0.2, 0.25) is 0 Å². The van der Waals surface area contributed by atoms with Crippen LogP contribution in [0.25, 0.3) is 10.9 Å². The van der Waals surface area contributed by atoms with Crippen LogP contribution in [0.5, 0.6) is 5.75 Å². The number of carbonyl (C=O) groups excluding carboxylic acids is 1. The summed E-state index contributed by atoms with van der Waals surface area (Å²) in [6, 6.07) is 24.6. The van der Waals surface area contributed by atoms with Gasteiger partial charge in [0.25, 0.3) is 5.91 Å². The van der Waals surface area contributed by atoms with Crippen LogP contribution in [0.1, 0.15) is 27.2 Å². The topological polar surface area (TPSA) is 66.6 Å². The minimum Gasteiger partial charge on any atom is -0.508 e. The van der Waals surface area contributed by atoms with Gasteiger partial charge in [0.05, 0.1) is 6.21 Å². The fraction of sp³-hybridized carbons (Fsp3) is 0.0833. The van der Waals surface area contributed by atoms with Crippen molar-refractivity contribution in [2.24, 2.45) is 5.10 Å². The lowest BCUT2D eigenvalue weighted by Gasteiger charge is -2.08. The quantitative estimate of drug-likeness (QED) is 0.394. The normalized spacial score (nSPS) is 11.2. The molecule has 2 N–H and O–H groups in total. The van der Waals surface area contributed by atoms with E-state index < -0.39 is 0 Å². The van der Waals surface area contributed by atoms with Gasteiger partial charge in [-0.25, -0.2) is 5.43 Å². The Bertz CT molecular complexity index is 1190. The first-order valence-corrected chi connectivity index (χ1v) is 9.37. The zero-order valence-electron chi connectivity index (χ0n) is 16.0. The Hall–Kier alpha value is -3.86. The molecule has 0 atom stereocenters. The number of hydrogen-bond donors (Lipinski definition) is 2. The van der Waals surface area contributed by atoms with E-state index in [1.165, 1.54) is 17.7 Å². The van der Waals surface area contributed by atoms with Gasteiger partial charge in [0.1, 0.15) is 5.75 Å². The van der Waals surface area contributed by atoms with Crippen molar-refractivity contribution in [1.29, 1.82) is 0 Å². The SMILES string of the molecule is Cc1c(C=NNC(=O)c2cccc(O)c2)c2ccccc2n1Cc1ccccc1.